The Morgan fingerprint density at radius 3 is 2.82 bits per heavy atom. The maximum Gasteiger partial charge on any atom is 0.311 e. The lowest BCUT2D eigenvalue weighted by atomic mass is 9.72. The second-order valence-corrected chi connectivity index (χ2v) is 7.04. The number of furan rings is 1. The van der Waals surface area contributed by atoms with Crippen LogP contribution in [0.4, 0.5) is 0 Å². The summed E-state index contributed by atoms with van der Waals surface area (Å²) in [5, 5.41) is 9.67. The lowest BCUT2D eigenvalue weighted by Gasteiger charge is -2.32. The van der Waals surface area contributed by atoms with E-state index in [1.165, 1.54) is 0 Å². The molecular formula is C16H21NO4S. The largest absolute Gasteiger partial charge is 0.481 e. The predicted octanol–water partition coefficient (Wildman–Crippen LogP) is 3.00. The Labute approximate surface area is 134 Å². The van der Waals surface area contributed by atoms with E-state index in [4.69, 9.17) is 4.42 Å². The Hall–Kier alpha value is -1.43. The number of carboxylic acid groups (broad SMARTS) is 1. The molecule has 3 atom stereocenters. The minimum absolute atomic E-state index is 0.0302. The fraction of sp³-hybridized carbons (Fsp3) is 0.625. The van der Waals surface area contributed by atoms with E-state index in [1.807, 2.05) is 19.2 Å². The Bertz CT molecular complexity index is 599. The van der Waals surface area contributed by atoms with Crippen LogP contribution in [0, 0.1) is 5.41 Å². The molecule has 0 aliphatic carbocycles. The summed E-state index contributed by atoms with van der Waals surface area (Å²) in [6.07, 6.45) is 4.77. The van der Waals surface area contributed by atoms with Gasteiger partial charge in [-0.05, 0) is 44.1 Å². The number of aliphatic carboxylic acids is 1. The molecule has 0 spiro atoms. The van der Waals surface area contributed by atoms with Crippen molar-refractivity contribution in [2.75, 3.05) is 6.26 Å². The highest BCUT2D eigenvalue weighted by molar-refractivity contribution is 7.97. The second-order valence-electron chi connectivity index (χ2n) is 6.18. The first kappa shape index (κ1) is 15.5. The lowest BCUT2D eigenvalue weighted by molar-refractivity contribution is -0.151. The van der Waals surface area contributed by atoms with Gasteiger partial charge in [0.05, 0.1) is 11.2 Å². The Morgan fingerprint density at radius 2 is 2.23 bits per heavy atom. The molecule has 22 heavy (non-hydrogen) atoms. The van der Waals surface area contributed by atoms with Gasteiger partial charge in [0, 0.05) is 12.1 Å². The molecule has 2 aliphatic rings. The van der Waals surface area contributed by atoms with Gasteiger partial charge in [0.2, 0.25) is 0 Å². The summed E-state index contributed by atoms with van der Waals surface area (Å²) in [5.74, 6) is 0.910. The number of carbonyl (C=O) groups excluding carboxylic acids is 1. The summed E-state index contributed by atoms with van der Waals surface area (Å²) in [6, 6.07) is 3.36. The van der Waals surface area contributed by atoms with E-state index in [0.717, 1.165) is 24.4 Å². The van der Waals surface area contributed by atoms with Crippen LogP contribution in [-0.2, 0) is 10.5 Å². The number of hydrogen-bond acceptors (Lipinski definition) is 4. The van der Waals surface area contributed by atoms with Crippen molar-refractivity contribution in [3.63, 3.8) is 0 Å². The van der Waals surface area contributed by atoms with Gasteiger partial charge < -0.3 is 14.4 Å². The average Bonchev–Trinajstić information content (AvgIpc) is 3.19. The third-order valence-electron chi connectivity index (χ3n) is 5.19. The molecule has 2 bridgehead atoms. The number of nitrogens with zero attached hydrogens (tertiary/aromatic N) is 1. The van der Waals surface area contributed by atoms with Gasteiger partial charge in [-0.2, -0.15) is 11.8 Å². The Balaban J connectivity index is 1.86. The molecule has 0 aromatic carbocycles. The van der Waals surface area contributed by atoms with Gasteiger partial charge in [0.15, 0.2) is 5.76 Å². The number of thioether (sulfide) groups is 1. The van der Waals surface area contributed by atoms with Gasteiger partial charge in [-0.25, -0.2) is 0 Å². The van der Waals surface area contributed by atoms with Crippen molar-refractivity contribution in [3.8, 4) is 0 Å². The van der Waals surface area contributed by atoms with Crippen LogP contribution in [0.5, 0.6) is 0 Å². The van der Waals surface area contributed by atoms with Crippen molar-refractivity contribution < 1.29 is 19.1 Å². The molecule has 1 amide bonds. The molecule has 0 radical (unpaired) electrons. The van der Waals surface area contributed by atoms with Crippen molar-refractivity contribution in [2.24, 2.45) is 5.41 Å². The van der Waals surface area contributed by atoms with E-state index in [9.17, 15) is 14.7 Å². The quantitative estimate of drug-likeness (QED) is 0.902. The van der Waals surface area contributed by atoms with Crippen LogP contribution in [0.25, 0.3) is 0 Å². The van der Waals surface area contributed by atoms with Gasteiger partial charge in [0.1, 0.15) is 5.76 Å². The van der Waals surface area contributed by atoms with Crippen LogP contribution < -0.4 is 0 Å². The molecule has 1 N–H and O–H groups in total. The number of carbonyl (C=O) groups is 2. The summed E-state index contributed by atoms with van der Waals surface area (Å²) in [7, 11) is 0. The highest BCUT2D eigenvalue weighted by Crippen LogP contribution is 2.52. The first-order chi connectivity index (χ1) is 10.5. The molecule has 1 aromatic rings. The van der Waals surface area contributed by atoms with Crippen LogP contribution in [0.15, 0.2) is 16.5 Å². The molecule has 2 aliphatic heterocycles. The monoisotopic (exact) mass is 323 g/mol. The molecule has 2 saturated heterocycles. The standard InChI is InChI=1S/C16H21NO4S/c1-3-16(15(19)20)8-10-4-7-13(16)17(10)14(18)12-6-5-11(21-12)9-22-2/h5-6,10,13H,3-4,7-9H2,1-2H3,(H,19,20)/t10-,13+,16+/m0/s1. The number of rotatable bonds is 5. The SMILES string of the molecule is CC[C@@]1(C(=O)O)C[C@@H]2CC[C@H]1N2C(=O)c1ccc(CSC)o1. The van der Waals surface area contributed by atoms with Crippen molar-refractivity contribution >= 4 is 23.6 Å². The van der Waals surface area contributed by atoms with Gasteiger partial charge in [-0.15, -0.1) is 0 Å². The second kappa shape index (κ2) is 5.65. The van der Waals surface area contributed by atoms with Crippen LogP contribution in [0.2, 0.25) is 0 Å². The maximum absolute atomic E-state index is 12.8. The highest BCUT2D eigenvalue weighted by Gasteiger charge is 2.60. The fourth-order valence-electron chi connectivity index (χ4n) is 4.09. The van der Waals surface area contributed by atoms with Gasteiger partial charge in [-0.3, -0.25) is 9.59 Å². The van der Waals surface area contributed by atoms with E-state index >= 15 is 0 Å². The summed E-state index contributed by atoms with van der Waals surface area (Å²) < 4.78 is 5.63. The number of hydrogen-bond donors (Lipinski definition) is 1. The van der Waals surface area contributed by atoms with Gasteiger partial charge in [0.25, 0.3) is 5.91 Å². The number of amides is 1. The molecule has 3 rings (SSSR count). The van der Waals surface area contributed by atoms with E-state index in [-0.39, 0.29) is 18.0 Å². The summed E-state index contributed by atoms with van der Waals surface area (Å²) in [4.78, 5) is 26.3. The van der Waals surface area contributed by atoms with Crippen molar-refractivity contribution in [1.82, 2.24) is 4.90 Å². The third-order valence-corrected chi connectivity index (χ3v) is 5.76. The summed E-state index contributed by atoms with van der Waals surface area (Å²) in [6.45, 7) is 1.90. The zero-order chi connectivity index (χ0) is 15.9. The molecule has 0 saturated carbocycles. The van der Waals surface area contributed by atoms with Gasteiger partial charge >= 0.3 is 5.97 Å². The smallest absolute Gasteiger partial charge is 0.311 e. The topological polar surface area (TPSA) is 70.8 Å². The van der Waals surface area contributed by atoms with Crippen LogP contribution in [0.1, 0.15) is 48.9 Å². The zero-order valence-electron chi connectivity index (χ0n) is 12.9. The Kier molecular flexibility index (Phi) is 3.97. The molecule has 120 valence electrons. The third kappa shape index (κ3) is 2.16. The van der Waals surface area contributed by atoms with E-state index in [2.05, 4.69) is 0 Å². The highest BCUT2D eigenvalue weighted by atomic mass is 32.2. The average molecular weight is 323 g/mol. The number of fused-ring (bicyclic) bond motifs is 2. The van der Waals surface area contributed by atoms with Crippen LogP contribution in [0.3, 0.4) is 0 Å². The van der Waals surface area contributed by atoms with Gasteiger partial charge in [-0.1, -0.05) is 6.92 Å². The van der Waals surface area contributed by atoms with E-state index < -0.39 is 11.4 Å². The minimum atomic E-state index is -0.784. The maximum atomic E-state index is 12.8. The normalized spacial score (nSPS) is 30.0. The molecule has 5 nitrogen and oxygen atoms in total. The number of carboxylic acids is 1. The minimum Gasteiger partial charge on any atom is -0.481 e. The first-order valence-corrected chi connectivity index (χ1v) is 9.06. The molecule has 6 heteroatoms. The fourth-order valence-corrected chi connectivity index (χ4v) is 4.53. The molecule has 0 unspecified atom stereocenters. The molecule has 2 fully saturated rings. The lowest BCUT2D eigenvalue weighted by Crippen LogP contribution is -2.44. The predicted molar refractivity (Wildman–Crippen MR) is 83.9 cm³/mol. The van der Waals surface area contributed by atoms with Crippen molar-refractivity contribution in [3.05, 3.63) is 23.7 Å². The van der Waals surface area contributed by atoms with E-state index in [1.54, 1.807) is 22.7 Å². The summed E-state index contributed by atoms with van der Waals surface area (Å²) in [5.41, 5.74) is -0.784. The summed E-state index contributed by atoms with van der Waals surface area (Å²) >= 11 is 1.64. The zero-order valence-corrected chi connectivity index (χ0v) is 13.7. The van der Waals surface area contributed by atoms with E-state index in [0.29, 0.717) is 18.6 Å². The van der Waals surface area contributed by atoms with Crippen molar-refractivity contribution in [1.29, 1.82) is 0 Å². The Morgan fingerprint density at radius 1 is 1.45 bits per heavy atom. The molecule has 1 aromatic heterocycles. The van der Waals surface area contributed by atoms with Crippen molar-refractivity contribution in [2.45, 2.75) is 50.4 Å². The van der Waals surface area contributed by atoms with Crippen LogP contribution >= 0.6 is 11.8 Å². The molecular weight excluding hydrogens is 302 g/mol. The first-order valence-electron chi connectivity index (χ1n) is 7.67. The van der Waals surface area contributed by atoms with Crippen LogP contribution in [-0.4, -0.2) is 40.2 Å². The molecule has 3 heterocycles.